The summed E-state index contributed by atoms with van der Waals surface area (Å²) in [5, 5.41) is 2.86. The van der Waals surface area contributed by atoms with Crippen molar-refractivity contribution >= 4 is 42.1 Å². The molecule has 0 aliphatic carbocycles. The van der Waals surface area contributed by atoms with E-state index in [1.54, 1.807) is 11.3 Å². The molecule has 27 heavy (non-hydrogen) atoms. The maximum absolute atomic E-state index is 12.6. The molecular weight excluding hydrogens is 405 g/mol. The Bertz CT molecular complexity index is 655. The van der Waals surface area contributed by atoms with Gasteiger partial charge in [0.25, 0.3) is 0 Å². The van der Waals surface area contributed by atoms with E-state index >= 15 is 0 Å². The Balaban J connectivity index is 0.00000338. The molecule has 1 unspecified atom stereocenters. The van der Waals surface area contributed by atoms with Crippen molar-refractivity contribution in [1.82, 2.24) is 9.88 Å². The van der Waals surface area contributed by atoms with Crippen LogP contribution in [0.5, 0.6) is 0 Å². The molecule has 0 aliphatic rings. The number of carbonyl (C=O) groups excluding carboxylic acids is 1. The molecule has 0 saturated carbocycles. The average Bonchev–Trinajstić information content (AvgIpc) is 3.08. The van der Waals surface area contributed by atoms with E-state index in [0.717, 1.165) is 17.1 Å². The predicted octanol–water partition coefficient (Wildman–Crippen LogP) is 3.66. The molecule has 0 saturated heterocycles. The standard InChI is InChI=1S/C19H27N3O2S.2ClH/c1-3-24-15(2)19-21-17(14-25-19)13-18(23)22(12-10-20)11-9-16-7-5-4-6-8-16;;/h4-8,14-15H,3,9-13,20H2,1-2H3;2*1H. The summed E-state index contributed by atoms with van der Waals surface area (Å²) in [4.78, 5) is 19.0. The molecule has 152 valence electrons. The number of benzene rings is 1. The van der Waals surface area contributed by atoms with Gasteiger partial charge in [-0.1, -0.05) is 30.3 Å². The van der Waals surface area contributed by atoms with E-state index in [1.807, 2.05) is 42.3 Å². The molecule has 0 spiro atoms. The molecule has 1 aromatic heterocycles. The van der Waals surface area contributed by atoms with Gasteiger partial charge in [0.1, 0.15) is 11.1 Å². The first-order chi connectivity index (χ1) is 12.1. The Kier molecular flexibility index (Phi) is 13.3. The number of amides is 1. The van der Waals surface area contributed by atoms with Gasteiger partial charge in [0.15, 0.2) is 0 Å². The van der Waals surface area contributed by atoms with Crippen LogP contribution in [0.1, 0.15) is 36.2 Å². The van der Waals surface area contributed by atoms with Gasteiger partial charge in [-0.05, 0) is 25.8 Å². The smallest absolute Gasteiger partial charge is 0.228 e. The van der Waals surface area contributed by atoms with Gasteiger partial charge in [0.2, 0.25) is 5.91 Å². The Morgan fingerprint density at radius 1 is 1.26 bits per heavy atom. The van der Waals surface area contributed by atoms with Crippen molar-refractivity contribution in [3.8, 4) is 0 Å². The molecular formula is C19H29Cl2N3O2S. The number of carbonyl (C=O) groups is 1. The molecule has 0 fully saturated rings. The van der Waals surface area contributed by atoms with E-state index in [2.05, 4.69) is 17.1 Å². The van der Waals surface area contributed by atoms with Crippen molar-refractivity contribution < 1.29 is 9.53 Å². The third-order valence-electron chi connectivity index (χ3n) is 3.93. The number of halogens is 2. The summed E-state index contributed by atoms with van der Waals surface area (Å²) in [7, 11) is 0. The minimum atomic E-state index is -0.0305. The first-order valence-electron chi connectivity index (χ1n) is 8.71. The molecule has 1 heterocycles. The molecule has 2 rings (SSSR count). The number of hydrogen-bond acceptors (Lipinski definition) is 5. The number of nitrogens with zero attached hydrogens (tertiary/aromatic N) is 2. The zero-order chi connectivity index (χ0) is 18.1. The van der Waals surface area contributed by atoms with Crippen LogP contribution in [0.2, 0.25) is 0 Å². The number of thiazole rings is 1. The summed E-state index contributed by atoms with van der Waals surface area (Å²) in [5.74, 6) is 0.0716. The Morgan fingerprint density at radius 3 is 2.59 bits per heavy atom. The van der Waals surface area contributed by atoms with E-state index in [-0.39, 0.29) is 36.8 Å². The van der Waals surface area contributed by atoms with Gasteiger partial charge in [0, 0.05) is 31.6 Å². The summed E-state index contributed by atoms with van der Waals surface area (Å²) < 4.78 is 5.56. The molecule has 2 N–H and O–H groups in total. The fourth-order valence-electron chi connectivity index (χ4n) is 2.60. The summed E-state index contributed by atoms with van der Waals surface area (Å²) in [6.07, 6.45) is 1.11. The second-order valence-electron chi connectivity index (χ2n) is 5.86. The number of ether oxygens (including phenoxy) is 1. The fourth-order valence-corrected chi connectivity index (χ4v) is 3.43. The summed E-state index contributed by atoms with van der Waals surface area (Å²) in [6.45, 7) is 6.30. The van der Waals surface area contributed by atoms with E-state index in [9.17, 15) is 4.79 Å². The molecule has 5 nitrogen and oxygen atoms in total. The average molecular weight is 434 g/mol. The third kappa shape index (κ3) is 8.58. The van der Waals surface area contributed by atoms with Gasteiger partial charge in [-0.15, -0.1) is 36.2 Å². The van der Waals surface area contributed by atoms with Crippen LogP contribution in [-0.2, 0) is 22.4 Å². The molecule has 8 heteroatoms. The minimum Gasteiger partial charge on any atom is -0.372 e. The third-order valence-corrected chi connectivity index (χ3v) is 4.99. The van der Waals surface area contributed by atoms with Crippen LogP contribution in [0.25, 0.3) is 0 Å². The Labute approximate surface area is 178 Å². The van der Waals surface area contributed by atoms with Crippen molar-refractivity contribution in [3.05, 3.63) is 52.0 Å². The highest BCUT2D eigenvalue weighted by Crippen LogP contribution is 2.21. The van der Waals surface area contributed by atoms with Crippen LogP contribution in [0.15, 0.2) is 35.7 Å². The van der Waals surface area contributed by atoms with Crippen LogP contribution in [0.4, 0.5) is 0 Å². The van der Waals surface area contributed by atoms with Crippen LogP contribution >= 0.6 is 36.2 Å². The zero-order valence-corrected chi connectivity index (χ0v) is 18.2. The van der Waals surface area contributed by atoms with E-state index in [4.69, 9.17) is 10.5 Å². The van der Waals surface area contributed by atoms with Crippen molar-refractivity contribution in [3.63, 3.8) is 0 Å². The topological polar surface area (TPSA) is 68.5 Å². The van der Waals surface area contributed by atoms with Crippen LogP contribution in [-0.4, -0.2) is 42.0 Å². The van der Waals surface area contributed by atoms with Crippen LogP contribution in [0, 0.1) is 0 Å². The van der Waals surface area contributed by atoms with Crippen molar-refractivity contribution in [2.24, 2.45) is 5.73 Å². The summed E-state index contributed by atoms with van der Waals surface area (Å²) in [5.41, 5.74) is 7.71. The molecule has 1 amide bonds. The molecule has 1 aromatic carbocycles. The quantitative estimate of drug-likeness (QED) is 0.620. The Morgan fingerprint density at radius 2 is 1.96 bits per heavy atom. The maximum Gasteiger partial charge on any atom is 0.228 e. The number of nitrogens with two attached hydrogens (primary N) is 1. The lowest BCUT2D eigenvalue weighted by Gasteiger charge is -2.21. The molecule has 0 aliphatic heterocycles. The normalized spacial score (nSPS) is 11.2. The highest BCUT2D eigenvalue weighted by atomic mass is 35.5. The lowest BCUT2D eigenvalue weighted by Crippen LogP contribution is -2.38. The van der Waals surface area contributed by atoms with Crippen LogP contribution in [0.3, 0.4) is 0 Å². The number of hydrogen-bond donors (Lipinski definition) is 1. The van der Waals surface area contributed by atoms with Gasteiger partial charge < -0.3 is 15.4 Å². The van der Waals surface area contributed by atoms with Crippen molar-refractivity contribution in [1.29, 1.82) is 0 Å². The monoisotopic (exact) mass is 433 g/mol. The first-order valence-corrected chi connectivity index (χ1v) is 9.59. The van der Waals surface area contributed by atoms with Crippen LogP contribution < -0.4 is 5.73 Å². The lowest BCUT2D eigenvalue weighted by molar-refractivity contribution is -0.130. The van der Waals surface area contributed by atoms with Gasteiger partial charge >= 0.3 is 0 Å². The van der Waals surface area contributed by atoms with Gasteiger partial charge in [-0.25, -0.2) is 4.98 Å². The Hall–Kier alpha value is -1.18. The van der Waals surface area contributed by atoms with Gasteiger partial charge in [-0.3, -0.25) is 4.79 Å². The fraction of sp³-hybridized carbons (Fsp3) is 0.474. The predicted molar refractivity (Wildman–Crippen MR) is 116 cm³/mol. The van der Waals surface area contributed by atoms with Gasteiger partial charge in [-0.2, -0.15) is 0 Å². The molecule has 2 aromatic rings. The molecule has 1 atom stereocenters. The van der Waals surface area contributed by atoms with E-state index in [1.165, 1.54) is 5.56 Å². The van der Waals surface area contributed by atoms with Crippen molar-refractivity contribution in [2.75, 3.05) is 26.2 Å². The van der Waals surface area contributed by atoms with Crippen molar-refractivity contribution in [2.45, 2.75) is 32.8 Å². The summed E-state index contributed by atoms with van der Waals surface area (Å²) >= 11 is 1.54. The molecule has 0 bridgehead atoms. The van der Waals surface area contributed by atoms with Gasteiger partial charge in [0.05, 0.1) is 12.1 Å². The number of aromatic nitrogens is 1. The molecule has 0 radical (unpaired) electrons. The van der Waals surface area contributed by atoms with E-state index in [0.29, 0.717) is 32.7 Å². The SMILES string of the molecule is CCOC(C)c1nc(CC(=O)N(CCN)CCc2ccccc2)cs1.Cl.Cl. The lowest BCUT2D eigenvalue weighted by atomic mass is 10.1. The second kappa shape index (κ2) is 13.9. The van der Waals surface area contributed by atoms with E-state index < -0.39 is 0 Å². The maximum atomic E-state index is 12.6. The first kappa shape index (κ1) is 25.8. The number of rotatable bonds is 10. The highest BCUT2D eigenvalue weighted by molar-refractivity contribution is 7.09. The highest BCUT2D eigenvalue weighted by Gasteiger charge is 2.17. The second-order valence-corrected chi connectivity index (χ2v) is 6.75. The zero-order valence-electron chi connectivity index (χ0n) is 15.8. The summed E-state index contributed by atoms with van der Waals surface area (Å²) in [6, 6.07) is 10.2. The minimum absolute atomic E-state index is 0. The largest absolute Gasteiger partial charge is 0.372 e.